The molecule has 1 unspecified atom stereocenters. The van der Waals surface area contributed by atoms with E-state index in [1.165, 1.54) is 5.56 Å². The van der Waals surface area contributed by atoms with Crippen molar-refractivity contribution in [2.24, 2.45) is 0 Å². The summed E-state index contributed by atoms with van der Waals surface area (Å²) >= 11 is 6.21. The molecule has 0 saturated carbocycles. The van der Waals surface area contributed by atoms with Crippen molar-refractivity contribution in [3.63, 3.8) is 0 Å². The Balaban J connectivity index is 1.47. The van der Waals surface area contributed by atoms with Gasteiger partial charge in [0.1, 0.15) is 10.8 Å². The third-order valence-corrected chi connectivity index (χ3v) is 4.65. The fraction of sp³-hybridized carbons (Fsp3) is 0.273. The zero-order chi connectivity index (χ0) is 20.6. The first kappa shape index (κ1) is 20.7. The third-order valence-electron chi connectivity index (χ3n) is 4.39. The number of aromatic nitrogens is 2. The first-order valence-corrected chi connectivity index (χ1v) is 9.82. The normalized spacial score (nSPS) is 11.7. The molecule has 1 heterocycles. The van der Waals surface area contributed by atoms with Crippen molar-refractivity contribution in [3.05, 3.63) is 71.4 Å². The first-order chi connectivity index (χ1) is 14.1. The Morgan fingerprint density at radius 1 is 1.21 bits per heavy atom. The Morgan fingerprint density at radius 3 is 2.76 bits per heavy atom. The van der Waals surface area contributed by atoms with Gasteiger partial charge in [0.2, 0.25) is 0 Å². The fourth-order valence-electron chi connectivity index (χ4n) is 2.83. The minimum absolute atomic E-state index is 0.207. The largest absolute Gasteiger partial charge is 0.497 e. The van der Waals surface area contributed by atoms with Gasteiger partial charge in [0.15, 0.2) is 6.10 Å². The van der Waals surface area contributed by atoms with Gasteiger partial charge < -0.3 is 14.8 Å². The van der Waals surface area contributed by atoms with Gasteiger partial charge in [-0.15, -0.1) is 5.10 Å². The van der Waals surface area contributed by atoms with Gasteiger partial charge in [0.25, 0.3) is 11.8 Å². The van der Waals surface area contributed by atoms with Crippen molar-refractivity contribution < 1.29 is 14.3 Å². The lowest BCUT2D eigenvalue weighted by atomic mass is 10.1. The Kier molecular flexibility index (Phi) is 7.14. The fourth-order valence-corrected chi connectivity index (χ4v) is 3.00. The van der Waals surface area contributed by atoms with E-state index < -0.39 is 6.10 Å². The maximum absolute atomic E-state index is 12.3. The van der Waals surface area contributed by atoms with E-state index in [2.05, 4.69) is 10.4 Å². The molecule has 6 nitrogen and oxygen atoms in total. The van der Waals surface area contributed by atoms with Crippen LogP contribution in [0.2, 0.25) is 5.02 Å². The molecule has 0 bridgehead atoms. The number of carbonyl (C=O) groups excluding carboxylic acids is 1. The van der Waals surface area contributed by atoms with E-state index in [0.717, 1.165) is 24.3 Å². The quantitative estimate of drug-likeness (QED) is 0.537. The molecule has 0 aliphatic carbocycles. The van der Waals surface area contributed by atoms with Crippen molar-refractivity contribution in [3.8, 4) is 17.3 Å². The summed E-state index contributed by atoms with van der Waals surface area (Å²) in [5.74, 6) is 0.857. The summed E-state index contributed by atoms with van der Waals surface area (Å²) in [5, 5.41) is 7.57. The van der Waals surface area contributed by atoms with Gasteiger partial charge in [0.05, 0.1) is 19.0 Å². The van der Waals surface area contributed by atoms with Crippen molar-refractivity contribution >= 4 is 17.5 Å². The zero-order valence-electron chi connectivity index (χ0n) is 16.5. The van der Waals surface area contributed by atoms with Crippen LogP contribution in [-0.4, -0.2) is 35.4 Å². The summed E-state index contributed by atoms with van der Waals surface area (Å²) in [4.78, 5) is 12.3. The highest BCUT2D eigenvalue weighted by atomic mass is 35.5. The molecule has 0 fully saturated rings. The number of nitrogens with one attached hydrogen (secondary N) is 1. The molecule has 7 heteroatoms. The predicted molar refractivity (Wildman–Crippen MR) is 113 cm³/mol. The van der Waals surface area contributed by atoms with E-state index in [4.69, 9.17) is 21.1 Å². The number of para-hydroxylation sites is 1. The van der Waals surface area contributed by atoms with E-state index in [-0.39, 0.29) is 11.8 Å². The van der Waals surface area contributed by atoms with Crippen LogP contribution < -0.4 is 14.8 Å². The number of nitrogens with zero attached hydrogens (tertiary/aromatic N) is 2. The number of aryl methyl sites for hydroxylation is 1. The maximum atomic E-state index is 12.3. The highest BCUT2D eigenvalue weighted by Gasteiger charge is 2.18. The molecule has 0 aliphatic heterocycles. The molecule has 0 radical (unpaired) electrons. The standard InChI is InChI=1S/C22H24ClN3O3/c1-16(21(27)24-13-7-9-17-8-6-12-19(14-17)28-2)29-22-20(23)15-26(25-22)18-10-4-3-5-11-18/h3-6,8,10-12,14-16H,7,9,13H2,1-2H3,(H,24,27). The molecule has 3 aromatic rings. The number of methoxy groups -OCH3 is 1. The van der Waals surface area contributed by atoms with Gasteiger partial charge in [-0.25, -0.2) is 4.68 Å². The molecule has 0 spiro atoms. The summed E-state index contributed by atoms with van der Waals surface area (Å²) in [7, 11) is 1.65. The molecule has 2 aromatic carbocycles. The summed E-state index contributed by atoms with van der Waals surface area (Å²) in [6.07, 6.45) is 2.61. The Hall–Kier alpha value is -2.99. The van der Waals surface area contributed by atoms with Crippen LogP contribution in [0.15, 0.2) is 60.8 Å². The SMILES string of the molecule is COc1cccc(CCCNC(=O)C(C)Oc2nn(-c3ccccc3)cc2Cl)c1. The van der Waals surface area contributed by atoms with Crippen LogP contribution in [0.25, 0.3) is 5.69 Å². The summed E-state index contributed by atoms with van der Waals surface area (Å²) in [5.41, 5.74) is 2.03. The monoisotopic (exact) mass is 413 g/mol. The van der Waals surface area contributed by atoms with E-state index >= 15 is 0 Å². The lowest BCUT2D eigenvalue weighted by molar-refractivity contribution is -0.127. The van der Waals surface area contributed by atoms with E-state index in [1.54, 1.807) is 24.9 Å². The minimum atomic E-state index is -0.705. The number of hydrogen-bond donors (Lipinski definition) is 1. The smallest absolute Gasteiger partial charge is 0.260 e. The van der Waals surface area contributed by atoms with Gasteiger partial charge in [-0.1, -0.05) is 41.9 Å². The number of ether oxygens (including phenoxy) is 2. The number of benzene rings is 2. The molecular formula is C22H24ClN3O3. The average Bonchev–Trinajstić information content (AvgIpc) is 3.12. The number of carbonyl (C=O) groups is 1. The van der Waals surface area contributed by atoms with Crippen molar-refractivity contribution in [1.29, 1.82) is 0 Å². The third kappa shape index (κ3) is 5.74. The molecule has 1 N–H and O–H groups in total. The lowest BCUT2D eigenvalue weighted by Crippen LogP contribution is -2.37. The second kappa shape index (κ2) is 9.98. The molecule has 3 rings (SSSR count). The number of rotatable bonds is 9. The molecule has 152 valence electrons. The van der Waals surface area contributed by atoms with Gasteiger partial charge in [-0.05, 0) is 49.6 Å². The Labute approximate surface area is 175 Å². The second-order valence-electron chi connectivity index (χ2n) is 6.57. The van der Waals surface area contributed by atoms with Gasteiger partial charge in [0, 0.05) is 6.54 Å². The highest BCUT2D eigenvalue weighted by molar-refractivity contribution is 6.31. The van der Waals surface area contributed by atoms with Gasteiger partial charge >= 0.3 is 0 Å². The average molecular weight is 414 g/mol. The van der Waals surface area contributed by atoms with Crippen LogP contribution in [0.4, 0.5) is 0 Å². The summed E-state index contributed by atoms with van der Waals surface area (Å²) < 4.78 is 12.5. The van der Waals surface area contributed by atoms with Crippen molar-refractivity contribution in [1.82, 2.24) is 15.1 Å². The van der Waals surface area contributed by atoms with Crippen LogP contribution in [-0.2, 0) is 11.2 Å². The van der Waals surface area contributed by atoms with Crippen LogP contribution in [0, 0.1) is 0 Å². The molecule has 0 aliphatic rings. The van der Waals surface area contributed by atoms with Crippen LogP contribution in [0.1, 0.15) is 18.9 Å². The number of halogens is 1. The molecule has 1 amide bonds. The molecular weight excluding hydrogens is 390 g/mol. The molecule has 0 saturated heterocycles. The molecule has 29 heavy (non-hydrogen) atoms. The molecule has 1 aromatic heterocycles. The topological polar surface area (TPSA) is 65.4 Å². The summed E-state index contributed by atoms with van der Waals surface area (Å²) in [6, 6.07) is 17.5. The second-order valence-corrected chi connectivity index (χ2v) is 6.98. The van der Waals surface area contributed by atoms with Crippen LogP contribution in [0.3, 0.4) is 0 Å². The number of amides is 1. The minimum Gasteiger partial charge on any atom is -0.497 e. The van der Waals surface area contributed by atoms with E-state index in [0.29, 0.717) is 11.6 Å². The highest BCUT2D eigenvalue weighted by Crippen LogP contribution is 2.25. The molecule has 1 atom stereocenters. The Bertz CT molecular complexity index is 943. The van der Waals surface area contributed by atoms with Crippen molar-refractivity contribution in [2.45, 2.75) is 25.9 Å². The van der Waals surface area contributed by atoms with Crippen LogP contribution in [0.5, 0.6) is 11.6 Å². The summed E-state index contributed by atoms with van der Waals surface area (Å²) in [6.45, 7) is 2.23. The van der Waals surface area contributed by atoms with Gasteiger partial charge in [-0.2, -0.15) is 0 Å². The number of hydrogen-bond acceptors (Lipinski definition) is 4. The zero-order valence-corrected chi connectivity index (χ0v) is 17.2. The predicted octanol–water partition coefficient (Wildman–Crippen LogP) is 4.05. The first-order valence-electron chi connectivity index (χ1n) is 9.44. The Morgan fingerprint density at radius 2 is 2.00 bits per heavy atom. The van der Waals surface area contributed by atoms with Gasteiger partial charge in [-0.3, -0.25) is 4.79 Å². The van der Waals surface area contributed by atoms with Crippen molar-refractivity contribution in [2.75, 3.05) is 13.7 Å². The maximum Gasteiger partial charge on any atom is 0.260 e. The van der Waals surface area contributed by atoms with E-state index in [9.17, 15) is 4.79 Å². The lowest BCUT2D eigenvalue weighted by Gasteiger charge is -2.13. The van der Waals surface area contributed by atoms with E-state index in [1.807, 2.05) is 54.6 Å². The van der Waals surface area contributed by atoms with Crippen LogP contribution >= 0.6 is 11.6 Å².